The fourth-order valence-corrected chi connectivity index (χ4v) is 1.87. The molecule has 0 spiro atoms. The van der Waals surface area contributed by atoms with Gasteiger partial charge in [0.15, 0.2) is 5.84 Å². The number of amidine groups is 1. The van der Waals surface area contributed by atoms with Crippen molar-refractivity contribution in [1.29, 1.82) is 5.41 Å². The summed E-state index contributed by atoms with van der Waals surface area (Å²) in [7, 11) is 0. The van der Waals surface area contributed by atoms with E-state index in [1.807, 2.05) is 19.9 Å². The molecule has 100 valence electrons. The predicted molar refractivity (Wildman–Crippen MR) is 74.4 cm³/mol. The quantitative estimate of drug-likeness (QED) is 0.293. The summed E-state index contributed by atoms with van der Waals surface area (Å²) >= 11 is 0. The lowest BCUT2D eigenvalue weighted by Gasteiger charge is -2.28. The normalized spacial score (nSPS) is 19.3. The average Bonchev–Trinajstić information content (AvgIpc) is 2.37. The minimum Gasteiger partial charge on any atom is -0.369 e. The zero-order valence-electron chi connectivity index (χ0n) is 11.3. The van der Waals surface area contributed by atoms with Gasteiger partial charge in [0.05, 0.1) is 0 Å². The van der Waals surface area contributed by atoms with Gasteiger partial charge in [-0.1, -0.05) is 19.8 Å². The third-order valence-electron chi connectivity index (χ3n) is 3.13. The molecule has 0 radical (unpaired) electrons. The SMILES string of the molecule is CCCCCNC1NC(C)=C(C)C=C1C(=N)N=O. The highest BCUT2D eigenvalue weighted by atomic mass is 16.3. The zero-order valence-corrected chi connectivity index (χ0v) is 11.3. The average molecular weight is 250 g/mol. The van der Waals surface area contributed by atoms with Crippen molar-refractivity contribution in [3.8, 4) is 0 Å². The first kappa shape index (κ1) is 14.6. The second kappa shape index (κ2) is 7.06. The Balaban J connectivity index is 2.69. The third kappa shape index (κ3) is 3.77. The molecule has 1 rings (SSSR count). The maximum absolute atomic E-state index is 10.5. The van der Waals surface area contributed by atoms with Crippen LogP contribution in [0.1, 0.15) is 40.0 Å². The number of nitroso groups, excluding NO2 is 1. The van der Waals surface area contributed by atoms with E-state index in [9.17, 15) is 4.91 Å². The molecule has 0 amide bonds. The zero-order chi connectivity index (χ0) is 13.5. The van der Waals surface area contributed by atoms with Gasteiger partial charge in [-0.15, -0.1) is 4.91 Å². The summed E-state index contributed by atoms with van der Waals surface area (Å²) in [5.41, 5.74) is 2.71. The van der Waals surface area contributed by atoms with E-state index in [1.165, 1.54) is 12.8 Å². The molecule has 1 unspecified atom stereocenters. The number of allylic oxidation sites excluding steroid dienone is 3. The maximum atomic E-state index is 10.5. The molecule has 1 aliphatic rings. The van der Waals surface area contributed by atoms with Gasteiger partial charge in [-0.05, 0) is 43.6 Å². The Morgan fingerprint density at radius 3 is 2.83 bits per heavy atom. The van der Waals surface area contributed by atoms with E-state index in [0.717, 1.165) is 24.2 Å². The van der Waals surface area contributed by atoms with Crippen LogP contribution in [0.15, 0.2) is 28.1 Å². The van der Waals surface area contributed by atoms with Crippen molar-refractivity contribution in [2.45, 2.75) is 46.2 Å². The second-order valence-electron chi connectivity index (χ2n) is 4.59. The molecule has 18 heavy (non-hydrogen) atoms. The van der Waals surface area contributed by atoms with Gasteiger partial charge in [-0.2, -0.15) is 0 Å². The molecule has 1 aliphatic heterocycles. The summed E-state index contributed by atoms with van der Waals surface area (Å²) in [6, 6.07) is 0. The number of hydrogen-bond acceptors (Lipinski definition) is 4. The second-order valence-corrected chi connectivity index (χ2v) is 4.59. The van der Waals surface area contributed by atoms with Crippen molar-refractivity contribution in [2.24, 2.45) is 5.18 Å². The Hall–Kier alpha value is -1.49. The van der Waals surface area contributed by atoms with E-state index >= 15 is 0 Å². The Morgan fingerprint density at radius 1 is 1.50 bits per heavy atom. The highest BCUT2D eigenvalue weighted by Crippen LogP contribution is 2.17. The van der Waals surface area contributed by atoms with Gasteiger partial charge < -0.3 is 5.32 Å². The van der Waals surface area contributed by atoms with E-state index < -0.39 is 0 Å². The van der Waals surface area contributed by atoms with Gasteiger partial charge in [0, 0.05) is 11.3 Å². The van der Waals surface area contributed by atoms with Crippen molar-refractivity contribution in [1.82, 2.24) is 10.6 Å². The van der Waals surface area contributed by atoms with Gasteiger partial charge in [-0.25, -0.2) is 0 Å². The third-order valence-corrected chi connectivity index (χ3v) is 3.13. The van der Waals surface area contributed by atoms with Crippen LogP contribution < -0.4 is 10.6 Å². The van der Waals surface area contributed by atoms with Crippen molar-refractivity contribution in [3.63, 3.8) is 0 Å². The Bertz CT molecular complexity index is 384. The van der Waals surface area contributed by atoms with Gasteiger partial charge in [0.25, 0.3) is 0 Å². The van der Waals surface area contributed by atoms with Crippen LogP contribution in [0.2, 0.25) is 0 Å². The molecule has 0 aliphatic carbocycles. The van der Waals surface area contributed by atoms with E-state index in [-0.39, 0.29) is 12.0 Å². The lowest BCUT2D eigenvalue weighted by atomic mass is 10.0. The Labute approximate surface area is 108 Å². The lowest BCUT2D eigenvalue weighted by Crippen LogP contribution is -2.46. The van der Waals surface area contributed by atoms with Crippen LogP contribution in [0.5, 0.6) is 0 Å². The van der Waals surface area contributed by atoms with E-state index in [4.69, 9.17) is 5.41 Å². The highest BCUT2D eigenvalue weighted by Gasteiger charge is 2.22. The smallest absolute Gasteiger partial charge is 0.195 e. The van der Waals surface area contributed by atoms with Crippen LogP contribution in [0.3, 0.4) is 0 Å². The molecular formula is C13H22N4O. The summed E-state index contributed by atoms with van der Waals surface area (Å²) in [5.74, 6) is -0.206. The maximum Gasteiger partial charge on any atom is 0.195 e. The topological polar surface area (TPSA) is 77.3 Å². The van der Waals surface area contributed by atoms with E-state index in [0.29, 0.717) is 5.57 Å². The van der Waals surface area contributed by atoms with Crippen LogP contribution in [0, 0.1) is 10.3 Å². The molecule has 1 atom stereocenters. The largest absolute Gasteiger partial charge is 0.369 e. The van der Waals surface area contributed by atoms with Crippen molar-refractivity contribution in [3.05, 3.63) is 27.8 Å². The molecule has 0 saturated carbocycles. The summed E-state index contributed by atoms with van der Waals surface area (Å²) < 4.78 is 0. The van der Waals surface area contributed by atoms with Gasteiger partial charge >= 0.3 is 0 Å². The first-order valence-electron chi connectivity index (χ1n) is 6.41. The van der Waals surface area contributed by atoms with Crippen molar-refractivity contribution >= 4 is 5.84 Å². The van der Waals surface area contributed by atoms with Gasteiger partial charge in [0.2, 0.25) is 0 Å². The van der Waals surface area contributed by atoms with Crippen molar-refractivity contribution < 1.29 is 0 Å². The Kier molecular flexibility index (Phi) is 5.71. The summed E-state index contributed by atoms with van der Waals surface area (Å²) in [6.07, 6.45) is 5.11. The standard InChI is InChI=1S/C13H22N4O/c1-4-5-6-7-15-13-11(12(14)17-18)8-9(2)10(3)16-13/h8,13-16H,4-7H2,1-3H3. The predicted octanol–water partition coefficient (Wildman–Crippen LogP) is 2.66. The molecule has 3 N–H and O–H groups in total. The minimum absolute atomic E-state index is 0.184. The Morgan fingerprint density at radius 2 is 2.22 bits per heavy atom. The van der Waals surface area contributed by atoms with E-state index in [2.05, 4.69) is 22.7 Å². The number of rotatable bonds is 6. The molecule has 1 heterocycles. The van der Waals surface area contributed by atoms with Crippen molar-refractivity contribution in [2.75, 3.05) is 6.54 Å². The highest BCUT2D eigenvalue weighted by molar-refractivity contribution is 5.98. The number of nitrogens with one attached hydrogen (secondary N) is 3. The summed E-state index contributed by atoms with van der Waals surface area (Å²) in [6.45, 7) is 6.96. The van der Waals surface area contributed by atoms with Crippen LogP contribution in [-0.4, -0.2) is 18.5 Å². The number of dihydropyridines is 1. The molecule has 0 fully saturated rings. The molecule has 0 aromatic heterocycles. The monoisotopic (exact) mass is 250 g/mol. The summed E-state index contributed by atoms with van der Waals surface area (Å²) in [4.78, 5) is 10.5. The fraction of sp³-hybridized carbons (Fsp3) is 0.615. The molecule has 0 saturated heterocycles. The van der Waals surface area contributed by atoms with Crippen LogP contribution >= 0.6 is 0 Å². The molecule has 0 aromatic carbocycles. The minimum atomic E-state index is -0.206. The van der Waals surface area contributed by atoms with Gasteiger partial charge in [0.1, 0.15) is 6.17 Å². The van der Waals surface area contributed by atoms with Crippen LogP contribution in [-0.2, 0) is 0 Å². The molecule has 5 nitrogen and oxygen atoms in total. The number of unbranched alkanes of at least 4 members (excludes halogenated alkanes) is 2. The van der Waals surface area contributed by atoms with Crippen LogP contribution in [0.4, 0.5) is 0 Å². The molecule has 5 heteroatoms. The van der Waals surface area contributed by atoms with Crippen LogP contribution in [0.25, 0.3) is 0 Å². The first-order valence-corrected chi connectivity index (χ1v) is 6.41. The fourth-order valence-electron chi connectivity index (χ4n) is 1.87. The summed E-state index contributed by atoms with van der Waals surface area (Å²) in [5, 5.41) is 16.9. The lowest BCUT2D eigenvalue weighted by molar-refractivity contribution is 0.499. The first-order chi connectivity index (χ1) is 8.60. The van der Waals surface area contributed by atoms with E-state index in [1.54, 1.807) is 0 Å². The molecule has 0 bridgehead atoms. The van der Waals surface area contributed by atoms with Gasteiger partial charge in [-0.3, -0.25) is 10.7 Å². The number of hydrogen-bond donors (Lipinski definition) is 3. The number of nitrogens with zero attached hydrogens (tertiary/aromatic N) is 1. The molecule has 0 aromatic rings. The molecular weight excluding hydrogens is 228 g/mol.